The van der Waals surface area contributed by atoms with Gasteiger partial charge in [-0.3, -0.25) is 0 Å². The number of aromatic amines is 1. The zero-order valence-electron chi connectivity index (χ0n) is 13.9. The summed E-state index contributed by atoms with van der Waals surface area (Å²) in [5, 5.41) is 0.536. The van der Waals surface area contributed by atoms with E-state index in [4.69, 9.17) is 11.6 Å². The van der Waals surface area contributed by atoms with Gasteiger partial charge in [-0.15, -0.1) is 0 Å². The van der Waals surface area contributed by atoms with E-state index in [0.29, 0.717) is 16.5 Å². The zero-order valence-corrected chi connectivity index (χ0v) is 14.7. The molecule has 0 unspecified atom stereocenters. The summed E-state index contributed by atoms with van der Waals surface area (Å²) in [6.07, 6.45) is 10.9. The van der Waals surface area contributed by atoms with Crippen molar-refractivity contribution in [3.8, 4) is 11.1 Å². The average molecular weight is 355 g/mol. The van der Waals surface area contributed by atoms with Gasteiger partial charge >= 0.3 is 0 Å². The first-order valence-electron chi connectivity index (χ1n) is 8.82. The Labute approximate surface area is 151 Å². The van der Waals surface area contributed by atoms with E-state index in [1.165, 1.54) is 44.2 Å². The summed E-state index contributed by atoms with van der Waals surface area (Å²) in [4.78, 5) is 7.99. The van der Waals surface area contributed by atoms with Crippen molar-refractivity contribution in [2.75, 3.05) is 0 Å². The lowest BCUT2D eigenvalue weighted by atomic mass is 9.89. The minimum atomic E-state index is -0.294. The summed E-state index contributed by atoms with van der Waals surface area (Å²) in [6, 6.07) is 10.3. The van der Waals surface area contributed by atoms with Crippen molar-refractivity contribution in [3.05, 3.63) is 59.1 Å². The molecule has 2 nitrogen and oxygen atoms in total. The lowest BCUT2D eigenvalue weighted by Gasteiger charge is -2.17. The highest BCUT2D eigenvalue weighted by molar-refractivity contribution is 6.33. The number of benzene rings is 2. The van der Waals surface area contributed by atoms with E-state index < -0.39 is 0 Å². The fourth-order valence-electron chi connectivity index (χ4n) is 3.54. The minimum Gasteiger partial charge on any atom is -0.338 e. The van der Waals surface area contributed by atoms with E-state index >= 15 is 0 Å². The minimum absolute atomic E-state index is 0.294. The van der Waals surface area contributed by atoms with Gasteiger partial charge in [-0.2, -0.15) is 0 Å². The summed E-state index contributed by atoms with van der Waals surface area (Å²) in [5.74, 6) is 1.24. The Balaban J connectivity index is 1.63. The molecule has 3 aromatic rings. The van der Waals surface area contributed by atoms with Crippen LogP contribution in [0, 0.1) is 11.7 Å². The van der Waals surface area contributed by atoms with E-state index in [1.807, 2.05) is 18.2 Å². The number of H-pyrrole nitrogens is 1. The molecule has 25 heavy (non-hydrogen) atoms. The molecule has 1 saturated carbocycles. The Bertz CT molecular complexity index is 923. The SMILES string of the molecule is Fc1ccc(Cl)c(-c2ccc3[nH]c(/C=C/C4CCCCC4)nc3c2)c1. The molecule has 0 aliphatic heterocycles. The molecular weight excluding hydrogens is 335 g/mol. The second-order valence-electron chi connectivity index (χ2n) is 6.74. The molecule has 0 atom stereocenters. The van der Waals surface area contributed by atoms with Gasteiger partial charge < -0.3 is 4.98 Å². The quantitative estimate of drug-likeness (QED) is 0.562. The van der Waals surface area contributed by atoms with Crippen LogP contribution in [0.25, 0.3) is 28.2 Å². The third-order valence-electron chi connectivity index (χ3n) is 4.92. The van der Waals surface area contributed by atoms with Crippen molar-refractivity contribution in [3.63, 3.8) is 0 Å². The maximum Gasteiger partial charge on any atom is 0.130 e. The summed E-state index contributed by atoms with van der Waals surface area (Å²) in [6.45, 7) is 0. The van der Waals surface area contributed by atoms with Crippen LogP contribution in [0.5, 0.6) is 0 Å². The second kappa shape index (κ2) is 7.01. The van der Waals surface area contributed by atoms with Crippen LogP contribution in [0.15, 0.2) is 42.5 Å². The molecule has 1 aliphatic rings. The Morgan fingerprint density at radius 1 is 1.08 bits per heavy atom. The molecule has 1 N–H and O–H groups in total. The third kappa shape index (κ3) is 3.62. The molecule has 128 valence electrons. The van der Waals surface area contributed by atoms with Gasteiger partial charge in [0, 0.05) is 10.6 Å². The van der Waals surface area contributed by atoms with Gasteiger partial charge in [0.25, 0.3) is 0 Å². The standard InChI is InChI=1S/C21H20ClFN2/c22-18-9-8-16(23)13-17(18)15-7-10-19-20(12-15)25-21(24-19)11-6-14-4-2-1-3-5-14/h6-14H,1-5H2,(H,24,25)/b11-6+. The molecule has 4 rings (SSSR count). The monoisotopic (exact) mass is 354 g/mol. The Hall–Kier alpha value is -2.13. The van der Waals surface area contributed by atoms with Gasteiger partial charge in [0.15, 0.2) is 0 Å². The van der Waals surface area contributed by atoms with Crippen LogP contribution < -0.4 is 0 Å². The summed E-state index contributed by atoms with van der Waals surface area (Å²) >= 11 is 6.22. The number of halogens is 2. The number of hydrogen-bond donors (Lipinski definition) is 1. The van der Waals surface area contributed by atoms with Gasteiger partial charge in [-0.05, 0) is 60.7 Å². The molecular formula is C21H20ClFN2. The fourth-order valence-corrected chi connectivity index (χ4v) is 3.77. The number of rotatable bonds is 3. The topological polar surface area (TPSA) is 28.7 Å². The molecule has 0 radical (unpaired) electrons. The van der Waals surface area contributed by atoms with E-state index in [0.717, 1.165) is 22.4 Å². The molecule has 2 aromatic carbocycles. The van der Waals surface area contributed by atoms with Crippen LogP contribution in [0.1, 0.15) is 37.9 Å². The van der Waals surface area contributed by atoms with Crippen molar-refractivity contribution in [1.82, 2.24) is 9.97 Å². The number of hydrogen-bond acceptors (Lipinski definition) is 1. The lowest BCUT2D eigenvalue weighted by Crippen LogP contribution is -2.02. The largest absolute Gasteiger partial charge is 0.338 e. The predicted octanol–water partition coefficient (Wildman–Crippen LogP) is 6.62. The number of nitrogens with zero attached hydrogens (tertiary/aromatic N) is 1. The molecule has 1 fully saturated rings. The lowest BCUT2D eigenvalue weighted by molar-refractivity contribution is 0.420. The highest BCUT2D eigenvalue weighted by atomic mass is 35.5. The maximum atomic E-state index is 13.5. The molecule has 1 heterocycles. The van der Waals surface area contributed by atoms with Gasteiger partial charge in [0.1, 0.15) is 11.6 Å². The van der Waals surface area contributed by atoms with Crippen molar-refractivity contribution in [2.24, 2.45) is 5.92 Å². The van der Waals surface area contributed by atoms with E-state index in [2.05, 4.69) is 22.1 Å². The molecule has 0 spiro atoms. The smallest absolute Gasteiger partial charge is 0.130 e. The summed E-state index contributed by atoms with van der Waals surface area (Å²) in [7, 11) is 0. The first-order chi connectivity index (χ1) is 12.2. The van der Waals surface area contributed by atoms with Crippen LogP contribution in [-0.4, -0.2) is 9.97 Å². The van der Waals surface area contributed by atoms with E-state index in [-0.39, 0.29) is 5.82 Å². The van der Waals surface area contributed by atoms with Crippen molar-refractivity contribution >= 4 is 28.7 Å². The van der Waals surface area contributed by atoms with Gasteiger partial charge in [-0.25, -0.2) is 9.37 Å². The van der Waals surface area contributed by atoms with Crippen LogP contribution >= 0.6 is 11.6 Å². The van der Waals surface area contributed by atoms with Crippen molar-refractivity contribution in [1.29, 1.82) is 0 Å². The molecule has 0 amide bonds. The van der Waals surface area contributed by atoms with Gasteiger partial charge in [-0.1, -0.05) is 43.0 Å². The molecule has 1 aliphatic carbocycles. The Kier molecular flexibility index (Phi) is 4.58. The number of allylic oxidation sites excluding steroid dienone is 1. The molecule has 1 aromatic heterocycles. The zero-order chi connectivity index (χ0) is 17.2. The van der Waals surface area contributed by atoms with Crippen LogP contribution in [0.2, 0.25) is 5.02 Å². The van der Waals surface area contributed by atoms with Crippen molar-refractivity contribution in [2.45, 2.75) is 32.1 Å². The third-order valence-corrected chi connectivity index (χ3v) is 5.25. The fraction of sp³-hybridized carbons (Fsp3) is 0.286. The number of imidazole rings is 1. The van der Waals surface area contributed by atoms with E-state index in [9.17, 15) is 4.39 Å². The van der Waals surface area contributed by atoms with Gasteiger partial charge in [0.05, 0.1) is 11.0 Å². The number of nitrogens with one attached hydrogen (secondary N) is 1. The molecule has 0 saturated heterocycles. The van der Waals surface area contributed by atoms with Crippen molar-refractivity contribution < 1.29 is 4.39 Å². The van der Waals surface area contributed by atoms with Crippen LogP contribution in [0.4, 0.5) is 4.39 Å². The summed E-state index contributed by atoms with van der Waals surface area (Å²) < 4.78 is 13.5. The number of aromatic nitrogens is 2. The second-order valence-corrected chi connectivity index (χ2v) is 7.14. The first kappa shape index (κ1) is 16.3. The maximum absolute atomic E-state index is 13.5. The normalized spacial score (nSPS) is 16.1. The Morgan fingerprint density at radius 3 is 2.76 bits per heavy atom. The van der Waals surface area contributed by atoms with Crippen LogP contribution in [0.3, 0.4) is 0 Å². The average Bonchev–Trinajstić information content (AvgIpc) is 3.05. The van der Waals surface area contributed by atoms with E-state index in [1.54, 1.807) is 6.07 Å². The van der Waals surface area contributed by atoms with Crippen LogP contribution in [-0.2, 0) is 0 Å². The first-order valence-corrected chi connectivity index (χ1v) is 9.20. The summed E-state index contributed by atoms with van der Waals surface area (Å²) in [5.41, 5.74) is 3.39. The molecule has 0 bridgehead atoms. The Morgan fingerprint density at radius 2 is 1.92 bits per heavy atom. The molecule has 4 heteroatoms. The predicted molar refractivity (Wildman–Crippen MR) is 102 cm³/mol. The highest BCUT2D eigenvalue weighted by Gasteiger charge is 2.11. The van der Waals surface area contributed by atoms with Gasteiger partial charge in [0.2, 0.25) is 0 Å². The number of fused-ring (bicyclic) bond motifs is 1. The highest BCUT2D eigenvalue weighted by Crippen LogP contribution is 2.31.